The molecular formula is C13H12N4O3. The highest BCUT2D eigenvalue weighted by Gasteiger charge is 2.24. The Morgan fingerprint density at radius 3 is 3.00 bits per heavy atom. The lowest BCUT2D eigenvalue weighted by Crippen LogP contribution is -2.13. The van der Waals surface area contributed by atoms with Crippen molar-refractivity contribution in [2.24, 2.45) is 0 Å². The SMILES string of the molecule is Nc1cc([N+](=O)[O-])cc(NC2COc3ccccc32)n1. The van der Waals surface area contributed by atoms with Gasteiger partial charge >= 0.3 is 0 Å². The van der Waals surface area contributed by atoms with Gasteiger partial charge in [-0.25, -0.2) is 4.98 Å². The Kier molecular flexibility index (Phi) is 2.86. The third-order valence-corrected chi connectivity index (χ3v) is 3.06. The largest absolute Gasteiger partial charge is 0.491 e. The van der Waals surface area contributed by atoms with Gasteiger partial charge in [0.1, 0.15) is 24.0 Å². The average Bonchev–Trinajstić information content (AvgIpc) is 2.82. The van der Waals surface area contributed by atoms with E-state index in [0.29, 0.717) is 12.4 Å². The Bertz CT molecular complexity index is 674. The Morgan fingerprint density at radius 2 is 2.20 bits per heavy atom. The summed E-state index contributed by atoms with van der Waals surface area (Å²) in [7, 11) is 0. The van der Waals surface area contributed by atoms with Crippen molar-refractivity contribution in [3.8, 4) is 5.75 Å². The maximum atomic E-state index is 10.8. The van der Waals surface area contributed by atoms with Gasteiger partial charge in [0.2, 0.25) is 0 Å². The molecule has 102 valence electrons. The summed E-state index contributed by atoms with van der Waals surface area (Å²) in [6, 6.07) is 10.1. The molecule has 3 rings (SSSR count). The van der Waals surface area contributed by atoms with Gasteiger partial charge in [0.05, 0.1) is 23.1 Å². The van der Waals surface area contributed by atoms with Crippen LogP contribution in [0.5, 0.6) is 5.75 Å². The molecule has 20 heavy (non-hydrogen) atoms. The molecular weight excluding hydrogens is 260 g/mol. The first-order valence-corrected chi connectivity index (χ1v) is 6.04. The van der Waals surface area contributed by atoms with Crippen LogP contribution < -0.4 is 15.8 Å². The number of nitrogens with two attached hydrogens (primary N) is 1. The second-order valence-electron chi connectivity index (χ2n) is 4.44. The third-order valence-electron chi connectivity index (χ3n) is 3.06. The quantitative estimate of drug-likeness (QED) is 0.655. The molecule has 0 saturated heterocycles. The van der Waals surface area contributed by atoms with E-state index in [1.807, 2.05) is 24.3 Å². The average molecular weight is 272 g/mol. The summed E-state index contributed by atoms with van der Waals surface area (Å²) in [5, 5.41) is 13.9. The minimum absolute atomic E-state index is 0.0906. The molecule has 2 heterocycles. The number of ether oxygens (including phenoxy) is 1. The molecule has 0 amide bonds. The number of benzene rings is 1. The normalized spacial score (nSPS) is 16.3. The molecule has 1 aliphatic heterocycles. The monoisotopic (exact) mass is 272 g/mol. The molecule has 1 atom stereocenters. The zero-order chi connectivity index (χ0) is 14.1. The molecule has 1 unspecified atom stereocenters. The number of nitro groups is 1. The van der Waals surface area contributed by atoms with Gasteiger partial charge in [-0.2, -0.15) is 0 Å². The van der Waals surface area contributed by atoms with E-state index in [0.717, 1.165) is 11.3 Å². The number of hydrogen-bond acceptors (Lipinski definition) is 6. The van der Waals surface area contributed by atoms with Gasteiger partial charge in [-0.05, 0) is 6.07 Å². The molecule has 0 bridgehead atoms. The number of hydrogen-bond donors (Lipinski definition) is 2. The van der Waals surface area contributed by atoms with Gasteiger partial charge in [0, 0.05) is 5.56 Å². The molecule has 0 fully saturated rings. The number of nitrogen functional groups attached to an aromatic ring is 1. The summed E-state index contributed by atoms with van der Waals surface area (Å²) in [6.45, 7) is 0.448. The molecule has 1 aromatic carbocycles. The molecule has 3 N–H and O–H groups in total. The van der Waals surface area contributed by atoms with E-state index in [1.54, 1.807) is 0 Å². The van der Waals surface area contributed by atoms with E-state index in [1.165, 1.54) is 12.1 Å². The predicted molar refractivity (Wildman–Crippen MR) is 73.6 cm³/mol. The highest BCUT2D eigenvalue weighted by atomic mass is 16.6. The number of rotatable bonds is 3. The predicted octanol–water partition coefficient (Wildman–Crippen LogP) is 2.12. The van der Waals surface area contributed by atoms with Crippen LogP contribution in [0.15, 0.2) is 36.4 Å². The summed E-state index contributed by atoms with van der Waals surface area (Å²) in [5.74, 6) is 1.28. The molecule has 7 heteroatoms. The Morgan fingerprint density at radius 1 is 1.40 bits per heavy atom. The third kappa shape index (κ3) is 2.20. The molecule has 1 aliphatic rings. The van der Waals surface area contributed by atoms with Crippen molar-refractivity contribution in [3.05, 3.63) is 52.1 Å². The van der Waals surface area contributed by atoms with Crippen molar-refractivity contribution in [1.29, 1.82) is 0 Å². The summed E-state index contributed by atoms with van der Waals surface area (Å²) in [4.78, 5) is 14.4. The van der Waals surface area contributed by atoms with Crippen LogP contribution in [0.3, 0.4) is 0 Å². The maximum absolute atomic E-state index is 10.8. The van der Waals surface area contributed by atoms with Gasteiger partial charge < -0.3 is 15.8 Å². The highest BCUT2D eigenvalue weighted by Crippen LogP contribution is 2.34. The van der Waals surface area contributed by atoms with Crippen molar-refractivity contribution in [2.45, 2.75) is 6.04 Å². The first-order chi connectivity index (χ1) is 9.63. The fourth-order valence-corrected chi connectivity index (χ4v) is 2.18. The van der Waals surface area contributed by atoms with Crippen LogP contribution in [-0.2, 0) is 0 Å². The number of pyridine rings is 1. The Hall–Kier alpha value is -2.83. The maximum Gasteiger partial charge on any atom is 0.276 e. The molecule has 0 radical (unpaired) electrons. The summed E-state index contributed by atoms with van der Waals surface area (Å²) in [6.07, 6.45) is 0. The minimum atomic E-state index is -0.498. The number of para-hydroxylation sites is 1. The molecule has 7 nitrogen and oxygen atoms in total. The first kappa shape index (κ1) is 12.2. The Labute approximate surface area is 114 Å². The van der Waals surface area contributed by atoms with Gasteiger partial charge in [-0.1, -0.05) is 18.2 Å². The van der Waals surface area contributed by atoms with E-state index in [2.05, 4.69) is 10.3 Å². The van der Waals surface area contributed by atoms with E-state index in [-0.39, 0.29) is 17.5 Å². The fourth-order valence-electron chi connectivity index (χ4n) is 2.18. The summed E-state index contributed by atoms with van der Waals surface area (Å²) in [5.41, 5.74) is 6.49. The second-order valence-corrected chi connectivity index (χ2v) is 4.44. The van der Waals surface area contributed by atoms with Gasteiger partial charge in [-0.15, -0.1) is 0 Å². The van der Waals surface area contributed by atoms with Crippen LogP contribution in [0.4, 0.5) is 17.3 Å². The van der Waals surface area contributed by atoms with E-state index in [4.69, 9.17) is 10.5 Å². The second kappa shape index (κ2) is 4.69. The topological polar surface area (TPSA) is 103 Å². The van der Waals surface area contributed by atoms with Crippen molar-refractivity contribution >= 4 is 17.3 Å². The van der Waals surface area contributed by atoms with Gasteiger partial charge in [0.15, 0.2) is 0 Å². The van der Waals surface area contributed by atoms with E-state index >= 15 is 0 Å². The van der Waals surface area contributed by atoms with Crippen molar-refractivity contribution in [3.63, 3.8) is 0 Å². The van der Waals surface area contributed by atoms with Crippen molar-refractivity contribution in [1.82, 2.24) is 4.98 Å². The van der Waals surface area contributed by atoms with E-state index < -0.39 is 4.92 Å². The van der Waals surface area contributed by atoms with Crippen LogP contribution in [0, 0.1) is 10.1 Å². The standard InChI is InChI=1S/C13H12N4O3/c14-12-5-8(17(18)19)6-13(16-12)15-10-7-20-11-4-2-1-3-9(10)11/h1-6,10H,7H2,(H3,14,15,16). The van der Waals surface area contributed by atoms with E-state index in [9.17, 15) is 10.1 Å². The van der Waals surface area contributed by atoms with Crippen LogP contribution in [0.25, 0.3) is 0 Å². The lowest BCUT2D eigenvalue weighted by molar-refractivity contribution is -0.384. The van der Waals surface area contributed by atoms with Crippen molar-refractivity contribution in [2.75, 3.05) is 17.7 Å². The number of nitrogens with zero attached hydrogens (tertiary/aromatic N) is 2. The lowest BCUT2D eigenvalue weighted by atomic mass is 10.1. The van der Waals surface area contributed by atoms with Gasteiger partial charge in [0.25, 0.3) is 5.69 Å². The van der Waals surface area contributed by atoms with Crippen LogP contribution in [-0.4, -0.2) is 16.5 Å². The molecule has 0 saturated carbocycles. The number of fused-ring (bicyclic) bond motifs is 1. The summed E-state index contributed by atoms with van der Waals surface area (Å²) >= 11 is 0. The van der Waals surface area contributed by atoms with Gasteiger partial charge in [-0.3, -0.25) is 10.1 Å². The van der Waals surface area contributed by atoms with Crippen molar-refractivity contribution < 1.29 is 9.66 Å². The number of nitrogens with one attached hydrogen (secondary N) is 1. The fraction of sp³-hybridized carbons (Fsp3) is 0.154. The Balaban J connectivity index is 1.88. The zero-order valence-corrected chi connectivity index (χ0v) is 10.4. The highest BCUT2D eigenvalue weighted by molar-refractivity contribution is 5.54. The lowest BCUT2D eigenvalue weighted by Gasteiger charge is -2.12. The molecule has 0 spiro atoms. The van der Waals surface area contributed by atoms with Crippen LogP contribution >= 0.6 is 0 Å². The molecule has 1 aromatic heterocycles. The minimum Gasteiger partial charge on any atom is -0.491 e. The van der Waals surface area contributed by atoms with Crippen LogP contribution in [0.2, 0.25) is 0 Å². The van der Waals surface area contributed by atoms with Crippen LogP contribution in [0.1, 0.15) is 11.6 Å². The number of anilines is 2. The number of aromatic nitrogens is 1. The smallest absolute Gasteiger partial charge is 0.276 e. The molecule has 0 aliphatic carbocycles. The summed E-state index contributed by atoms with van der Waals surface area (Å²) < 4.78 is 5.54. The molecule has 2 aromatic rings. The zero-order valence-electron chi connectivity index (χ0n) is 10.4. The first-order valence-electron chi connectivity index (χ1n) is 6.04.